The third kappa shape index (κ3) is 17.7. The van der Waals surface area contributed by atoms with Crippen LogP contribution < -0.4 is 5.32 Å². The van der Waals surface area contributed by atoms with E-state index in [1.165, 1.54) is 14.0 Å². The molecular formula is C13H29NO3S. The lowest BCUT2D eigenvalue weighted by atomic mass is 10.3. The molecule has 1 N–H and O–H groups in total. The maximum absolute atomic E-state index is 11.0. The maximum atomic E-state index is 11.0. The molecule has 0 saturated heterocycles. The molecule has 18 heavy (non-hydrogen) atoms. The highest BCUT2D eigenvalue weighted by molar-refractivity contribution is 7.99. The summed E-state index contributed by atoms with van der Waals surface area (Å²) in [5.74, 6) is 0.610. The molecule has 5 heteroatoms. The Balaban J connectivity index is -0.000000506. The lowest BCUT2D eigenvalue weighted by Gasteiger charge is -2.14. The van der Waals surface area contributed by atoms with Gasteiger partial charge < -0.3 is 10.1 Å². The summed E-state index contributed by atoms with van der Waals surface area (Å²) < 4.78 is 4.57. The van der Waals surface area contributed by atoms with Crippen LogP contribution in [0.5, 0.6) is 0 Å². The number of amides is 1. The molecule has 1 unspecified atom stereocenters. The van der Waals surface area contributed by atoms with Crippen molar-refractivity contribution in [2.75, 3.05) is 19.4 Å². The average molecular weight is 279 g/mol. The van der Waals surface area contributed by atoms with Gasteiger partial charge in [-0.25, -0.2) is 0 Å². The summed E-state index contributed by atoms with van der Waals surface area (Å²) in [4.78, 5) is 21.7. The number of esters is 1. The first-order valence-corrected chi connectivity index (χ1v) is 7.57. The summed E-state index contributed by atoms with van der Waals surface area (Å²) in [6.07, 6.45) is 0.343. The second-order valence-corrected chi connectivity index (χ2v) is 4.37. The van der Waals surface area contributed by atoms with Crippen LogP contribution in [0.2, 0.25) is 0 Å². The lowest BCUT2D eigenvalue weighted by molar-refractivity contribution is -0.140. The fourth-order valence-electron chi connectivity index (χ4n) is 0.953. The van der Waals surface area contributed by atoms with Crippen LogP contribution in [0.3, 0.4) is 0 Å². The van der Waals surface area contributed by atoms with Crippen molar-refractivity contribution in [3.05, 3.63) is 0 Å². The molecule has 0 aliphatic rings. The monoisotopic (exact) mass is 279 g/mol. The van der Waals surface area contributed by atoms with Crippen LogP contribution in [-0.4, -0.2) is 36.5 Å². The highest BCUT2D eigenvalue weighted by Gasteiger charge is 2.14. The Kier molecular flexibility index (Phi) is 23.3. The molecule has 0 saturated carbocycles. The largest absolute Gasteiger partial charge is 0.469 e. The second-order valence-electron chi connectivity index (χ2n) is 2.79. The fourth-order valence-corrected chi connectivity index (χ4v) is 1.88. The van der Waals surface area contributed by atoms with E-state index in [1.807, 2.05) is 34.6 Å². The van der Waals surface area contributed by atoms with Crippen molar-refractivity contribution in [3.63, 3.8) is 0 Å². The van der Waals surface area contributed by atoms with Gasteiger partial charge in [-0.05, 0) is 5.75 Å². The summed E-state index contributed by atoms with van der Waals surface area (Å²) in [7, 11) is 1.37. The quantitative estimate of drug-likeness (QED) is 0.760. The van der Waals surface area contributed by atoms with Crippen molar-refractivity contribution >= 4 is 23.6 Å². The zero-order valence-corrected chi connectivity index (χ0v) is 13.6. The first-order chi connectivity index (χ1) is 8.60. The lowest BCUT2D eigenvalue weighted by Crippen LogP contribution is -2.30. The molecule has 110 valence electrons. The number of carbonyl (C=O) groups is 2. The maximum Gasteiger partial charge on any atom is 0.306 e. The Morgan fingerprint density at radius 2 is 1.72 bits per heavy atom. The SMILES string of the molecule is CC.CC.CCSC(CNC(C)=O)CC(=O)OC. The number of rotatable bonds is 6. The highest BCUT2D eigenvalue weighted by atomic mass is 32.2. The Hall–Kier alpha value is -0.710. The van der Waals surface area contributed by atoms with Crippen LogP contribution in [0.15, 0.2) is 0 Å². The van der Waals surface area contributed by atoms with E-state index in [-0.39, 0.29) is 17.1 Å². The first kappa shape index (κ1) is 22.5. The molecule has 1 amide bonds. The molecule has 0 radical (unpaired) electrons. The van der Waals surface area contributed by atoms with Crippen molar-refractivity contribution < 1.29 is 14.3 Å². The number of hydrogen-bond acceptors (Lipinski definition) is 4. The number of nitrogens with one attached hydrogen (secondary N) is 1. The minimum Gasteiger partial charge on any atom is -0.469 e. The Morgan fingerprint density at radius 1 is 1.22 bits per heavy atom. The smallest absolute Gasteiger partial charge is 0.306 e. The Morgan fingerprint density at radius 3 is 2.06 bits per heavy atom. The molecule has 4 nitrogen and oxygen atoms in total. The van der Waals surface area contributed by atoms with Crippen LogP contribution in [-0.2, 0) is 14.3 Å². The number of methoxy groups -OCH3 is 1. The standard InChI is InChI=1S/C9H17NO3S.2C2H6/c1-4-14-8(5-9(12)13-3)6-10-7(2)11;2*1-2/h8H,4-6H2,1-3H3,(H,10,11);2*1-2H3. The number of ether oxygens (including phenoxy) is 1. The van der Waals surface area contributed by atoms with Crippen LogP contribution >= 0.6 is 11.8 Å². The summed E-state index contributed by atoms with van der Waals surface area (Å²) in [6, 6.07) is 0. The van der Waals surface area contributed by atoms with Crippen LogP contribution in [0.1, 0.15) is 48.0 Å². The van der Waals surface area contributed by atoms with E-state index in [9.17, 15) is 9.59 Å². The predicted octanol–water partition coefficient (Wildman–Crippen LogP) is 2.86. The van der Waals surface area contributed by atoms with Gasteiger partial charge in [0.15, 0.2) is 0 Å². The number of carbonyl (C=O) groups excluding carboxylic acids is 2. The van der Waals surface area contributed by atoms with Crippen molar-refractivity contribution in [1.29, 1.82) is 0 Å². The van der Waals surface area contributed by atoms with E-state index < -0.39 is 0 Å². The van der Waals surface area contributed by atoms with E-state index in [1.54, 1.807) is 11.8 Å². The van der Waals surface area contributed by atoms with E-state index >= 15 is 0 Å². The fraction of sp³-hybridized carbons (Fsp3) is 0.846. The molecule has 0 aromatic carbocycles. The van der Waals surface area contributed by atoms with Gasteiger partial charge in [-0.1, -0.05) is 34.6 Å². The van der Waals surface area contributed by atoms with Gasteiger partial charge in [-0.3, -0.25) is 9.59 Å². The van der Waals surface area contributed by atoms with Gasteiger partial charge in [-0.2, -0.15) is 11.8 Å². The molecule has 0 aromatic rings. The van der Waals surface area contributed by atoms with Crippen LogP contribution in [0.4, 0.5) is 0 Å². The molecule has 1 atom stereocenters. The van der Waals surface area contributed by atoms with Gasteiger partial charge in [0, 0.05) is 18.7 Å². The van der Waals surface area contributed by atoms with Gasteiger partial charge in [0.2, 0.25) is 5.91 Å². The zero-order chi connectivity index (χ0) is 15.0. The molecule has 0 heterocycles. The second kappa shape index (κ2) is 18.6. The van der Waals surface area contributed by atoms with E-state index in [4.69, 9.17) is 0 Å². The first-order valence-electron chi connectivity index (χ1n) is 6.53. The normalized spacial score (nSPS) is 9.94. The highest BCUT2D eigenvalue weighted by Crippen LogP contribution is 2.13. The zero-order valence-electron chi connectivity index (χ0n) is 12.8. The molecule has 0 spiro atoms. The third-order valence-corrected chi connectivity index (χ3v) is 2.74. The predicted molar refractivity (Wildman–Crippen MR) is 79.9 cm³/mol. The summed E-state index contributed by atoms with van der Waals surface area (Å²) in [5.41, 5.74) is 0. The summed E-state index contributed by atoms with van der Waals surface area (Å²) >= 11 is 1.65. The van der Waals surface area contributed by atoms with Crippen LogP contribution in [0, 0.1) is 0 Å². The van der Waals surface area contributed by atoms with Crippen molar-refractivity contribution in [1.82, 2.24) is 5.32 Å². The van der Waals surface area contributed by atoms with E-state index in [0.29, 0.717) is 13.0 Å². The van der Waals surface area contributed by atoms with Gasteiger partial charge in [-0.15, -0.1) is 0 Å². The van der Waals surface area contributed by atoms with Gasteiger partial charge in [0.1, 0.15) is 0 Å². The topological polar surface area (TPSA) is 55.4 Å². The Labute approximate surface area is 116 Å². The minimum absolute atomic E-state index is 0.0726. The van der Waals surface area contributed by atoms with Gasteiger partial charge in [0.05, 0.1) is 13.5 Å². The molecule has 0 rings (SSSR count). The van der Waals surface area contributed by atoms with Crippen molar-refractivity contribution in [3.8, 4) is 0 Å². The van der Waals surface area contributed by atoms with E-state index in [0.717, 1.165) is 5.75 Å². The molecule has 0 bridgehead atoms. The van der Waals surface area contributed by atoms with Crippen LogP contribution in [0.25, 0.3) is 0 Å². The molecule has 0 aliphatic heterocycles. The molecular weight excluding hydrogens is 250 g/mol. The Bertz CT molecular complexity index is 199. The molecule has 0 aromatic heterocycles. The van der Waals surface area contributed by atoms with Crippen molar-refractivity contribution in [2.24, 2.45) is 0 Å². The number of hydrogen-bond donors (Lipinski definition) is 1. The summed E-state index contributed by atoms with van der Waals surface area (Å²) in [6.45, 7) is 12.0. The van der Waals surface area contributed by atoms with Crippen molar-refractivity contribution in [2.45, 2.75) is 53.2 Å². The van der Waals surface area contributed by atoms with Gasteiger partial charge >= 0.3 is 5.97 Å². The van der Waals surface area contributed by atoms with Gasteiger partial charge in [0.25, 0.3) is 0 Å². The van der Waals surface area contributed by atoms with E-state index in [2.05, 4.69) is 10.1 Å². The molecule has 0 aliphatic carbocycles. The number of thioether (sulfide) groups is 1. The summed E-state index contributed by atoms with van der Waals surface area (Å²) in [5, 5.41) is 2.80. The third-order valence-electron chi connectivity index (χ3n) is 1.60. The molecule has 0 fully saturated rings. The minimum atomic E-state index is -0.235. The average Bonchev–Trinajstić information content (AvgIpc) is 2.40.